The normalized spacial score (nSPS) is 10.3. The first-order valence-electron chi connectivity index (χ1n) is 6.14. The number of nitrogens with one attached hydrogen (secondary N) is 2. The van der Waals surface area contributed by atoms with Crippen molar-refractivity contribution >= 4 is 29.2 Å². The first-order chi connectivity index (χ1) is 9.93. The fourth-order valence-electron chi connectivity index (χ4n) is 1.98. The average Bonchev–Trinajstić information content (AvgIpc) is 2.77. The summed E-state index contributed by atoms with van der Waals surface area (Å²) in [5, 5.41) is 9.77. The lowest BCUT2D eigenvalue weighted by molar-refractivity contribution is 0.0602. The van der Waals surface area contributed by atoms with Crippen LogP contribution in [0.2, 0.25) is 5.02 Å². The van der Waals surface area contributed by atoms with Crippen LogP contribution in [-0.2, 0) is 4.74 Å². The van der Waals surface area contributed by atoms with Gasteiger partial charge in [0.05, 0.1) is 29.6 Å². The zero-order valence-corrected chi connectivity index (χ0v) is 12.5. The third kappa shape index (κ3) is 3.05. The molecule has 1 aromatic heterocycles. The monoisotopic (exact) mass is 307 g/mol. The Kier molecular flexibility index (Phi) is 4.28. The van der Waals surface area contributed by atoms with E-state index in [1.165, 1.54) is 19.2 Å². The van der Waals surface area contributed by atoms with Crippen LogP contribution in [0.15, 0.2) is 18.2 Å². The van der Waals surface area contributed by atoms with Crippen LogP contribution in [0.25, 0.3) is 0 Å². The molecule has 1 aromatic carbocycles. The van der Waals surface area contributed by atoms with E-state index in [0.29, 0.717) is 27.7 Å². The summed E-state index contributed by atoms with van der Waals surface area (Å²) in [6.45, 7) is 3.46. The van der Waals surface area contributed by atoms with E-state index < -0.39 is 5.97 Å². The number of H-pyrrole nitrogens is 1. The molecule has 0 fully saturated rings. The Morgan fingerprint density at radius 1 is 1.33 bits per heavy atom. The number of methoxy groups -OCH3 is 1. The molecular formula is C14H14ClN3O3. The zero-order valence-electron chi connectivity index (χ0n) is 11.8. The minimum absolute atomic E-state index is 0.231. The SMILES string of the molecule is COC(=O)c1ccc(Cl)cc1NC(=O)c1c(C)n[nH]c1C. The highest BCUT2D eigenvalue weighted by Crippen LogP contribution is 2.23. The van der Waals surface area contributed by atoms with Gasteiger partial charge < -0.3 is 10.1 Å². The van der Waals surface area contributed by atoms with E-state index in [1.807, 2.05) is 0 Å². The van der Waals surface area contributed by atoms with Crippen LogP contribution in [0.3, 0.4) is 0 Å². The smallest absolute Gasteiger partial charge is 0.339 e. The number of aromatic nitrogens is 2. The number of benzene rings is 1. The number of halogens is 1. The molecule has 0 spiro atoms. The van der Waals surface area contributed by atoms with Crippen molar-refractivity contribution in [2.24, 2.45) is 0 Å². The average molecular weight is 308 g/mol. The Bertz CT molecular complexity index is 690. The van der Waals surface area contributed by atoms with Gasteiger partial charge in [-0.2, -0.15) is 5.10 Å². The van der Waals surface area contributed by atoms with Gasteiger partial charge in [0.1, 0.15) is 0 Å². The summed E-state index contributed by atoms with van der Waals surface area (Å²) in [7, 11) is 1.27. The maximum absolute atomic E-state index is 12.3. The molecule has 21 heavy (non-hydrogen) atoms. The van der Waals surface area contributed by atoms with Crippen molar-refractivity contribution in [2.75, 3.05) is 12.4 Å². The number of carbonyl (C=O) groups excluding carboxylic acids is 2. The summed E-state index contributed by atoms with van der Waals surface area (Å²) in [4.78, 5) is 24.0. The van der Waals surface area contributed by atoms with Gasteiger partial charge >= 0.3 is 5.97 Å². The number of aryl methyl sites for hydroxylation is 2. The topological polar surface area (TPSA) is 84.1 Å². The number of aromatic amines is 1. The highest BCUT2D eigenvalue weighted by atomic mass is 35.5. The number of hydrogen-bond acceptors (Lipinski definition) is 4. The van der Waals surface area contributed by atoms with Crippen LogP contribution < -0.4 is 5.32 Å². The molecule has 1 amide bonds. The number of esters is 1. The molecule has 1 heterocycles. The van der Waals surface area contributed by atoms with Crippen LogP contribution in [0.1, 0.15) is 32.1 Å². The molecular weight excluding hydrogens is 294 g/mol. The largest absolute Gasteiger partial charge is 0.465 e. The summed E-state index contributed by atoms with van der Waals surface area (Å²) in [5.74, 6) is -0.922. The van der Waals surface area contributed by atoms with Gasteiger partial charge in [-0.25, -0.2) is 4.79 Å². The molecule has 6 nitrogen and oxygen atoms in total. The van der Waals surface area contributed by atoms with E-state index >= 15 is 0 Å². The number of hydrogen-bond donors (Lipinski definition) is 2. The Balaban J connectivity index is 2.37. The van der Waals surface area contributed by atoms with Crippen molar-refractivity contribution in [3.63, 3.8) is 0 Å². The molecule has 0 saturated carbocycles. The highest BCUT2D eigenvalue weighted by Gasteiger charge is 2.19. The second kappa shape index (κ2) is 5.97. The number of carbonyl (C=O) groups is 2. The number of ether oxygens (including phenoxy) is 1. The maximum atomic E-state index is 12.3. The molecule has 2 N–H and O–H groups in total. The Labute approximate surface area is 126 Å². The van der Waals surface area contributed by atoms with E-state index in [9.17, 15) is 9.59 Å². The molecule has 0 atom stereocenters. The fraction of sp³-hybridized carbons (Fsp3) is 0.214. The minimum Gasteiger partial charge on any atom is -0.465 e. The Morgan fingerprint density at radius 2 is 2.05 bits per heavy atom. The van der Waals surface area contributed by atoms with Gasteiger partial charge in [0.2, 0.25) is 0 Å². The summed E-state index contributed by atoms with van der Waals surface area (Å²) in [5.41, 5.74) is 2.18. The van der Waals surface area contributed by atoms with Crippen molar-refractivity contribution < 1.29 is 14.3 Å². The van der Waals surface area contributed by atoms with E-state index in [1.54, 1.807) is 19.9 Å². The lowest BCUT2D eigenvalue weighted by Gasteiger charge is -2.10. The first kappa shape index (κ1) is 15.1. The molecule has 0 aliphatic rings. The highest BCUT2D eigenvalue weighted by molar-refractivity contribution is 6.31. The molecule has 0 saturated heterocycles. The van der Waals surface area contributed by atoms with E-state index in [2.05, 4.69) is 20.3 Å². The first-order valence-corrected chi connectivity index (χ1v) is 6.52. The van der Waals surface area contributed by atoms with E-state index in [-0.39, 0.29) is 11.5 Å². The van der Waals surface area contributed by atoms with Crippen LogP contribution in [0.5, 0.6) is 0 Å². The second-order valence-corrected chi connectivity index (χ2v) is 4.88. The van der Waals surface area contributed by atoms with Gasteiger partial charge in [-0.3, -0.25) is 9.89 Å². The maximum Gasteiger partial charge on any atom is 0.339 e. The molecule has 0 bridgehead atoms. The lowest BCUT2D eigenvalue weighted by Crippen LogP contribution is -2.16. The van der Waals surface area contributed by atoms with E-state index in [4.69, 9.17) is 11.6 Å². The van der Waals surface area contributed by atoms with Gasteiger partial charge in [0.15, 0.2) is 0 Å². The minimum atomic E-state index is -0.553. The van der Waals surface area contributed by atoms with Crippen LogP contribution >= 0.6 is 11.6 Å². The predicted octanol–water partition coefficient (Wildman–Crippen LogP) is 2.72. The molecule has 0 radical (unpaired) electrons. The van der Waals surface area contributed by atoms with Crippen molar-refractivity contribution in [1.82, 2.24) is 10.2 Å². The standard InChI is InChI=1S/C14H14ClN3O3/c1-7-12(8(2)18-17-7)13(19)16-11-6-9(15)4-5-10(11)14(20)21-3/h4-6H,1-3H3,(H,16,19)(H,17,18). The summed E-state index contributed by atoms with van der Waals surface area (Å²) in [6, 6.07) is 4.55. The number of anilines is 1. The van der Waals surface area contributed by atoms with Gasteiger partial charge in [0.25, 0.3) is 5.91 Å². The van der Waals surface area contributed by atoms with Crippen molar-refractivity contribution in [1.29, 1.82) is 0 Å². The zero-order chi connectivity index (χ0) is 15.6. The molecule has 2 rings (SSSR count). The summed E-state index contributed by atoms with van der Waals surface area (Å²) >= 11 is 5.91. The number of rotatable bonds is 3. The molecule has 0 aliphatic heterocycles. The van der Waals surface area contributed by atoms with E-state index in [0.717, 1.165) is 0 Å². The summed E-state index contributed by atoms with van der Waals surface area (Å²) in [6.07, 6.45) is 0. The van der Waals surface area contributed by atoms with Gasteiger partial charge in [-0.15, -0.1) is 0 Å². The Morgan fingerprint density at radius 3 is 2.62 bits per heavy atom. The number of nitrogens with zero attached hydrogens (tertiary/aromatic N) is 1. The van der Waals surface area contributed by atoms with Crippen LogP contribution in [-0.4, -0.2) is 29.2 Å². The summed E-state index contributed by atoms with van der Waals surface area (Å²) < 4.78 is 4.68. The third-order valence-electron chi connectivity index (χ3n) is 2.99. The quantitative estimate of drug-likeness (QED) is 0.854. The third-order valence-corrected chi connectivity index (χ3v) is 3.23. The lowest BCUT2D eigenvalue weighted by atomic mass is 10.1. The van der Waals surface area contributed by atoms with Gasteiger partial charge in [-0.1, -0.05) is 11.6 Å². The van der Waals surface area contributed by atoms with Gasteiger partial charge in [0, 0.05) is 10.7 Å². The van der Waals surface area contributed by atoms with Crippen LogP contribution in [0.4, 0.5) is 5.69 Å². The molecule has 2 aromatic rings. The molecule has 0 unspecified atom stereocenters. The van der Waals surface area contributed by atoms with Crippen LogP contribution in [0, 0.1) is 13.8 Å². The van der Waals surface area contributed by atoms with Crippen molar-refractivity contribution in [2.45, 2.75) is 13.8 Å². The van der Waals surface area contributed by atoms with Crippen molar-refractivity contribution in [3.8, 4) is 0 Å². The molecule has 110 valence electrons. The van der Waals surface area contributed by atoms with Gasteiger partial charge in [-0.05, 0) is 32.0 Å². The Hall–Kier alpha value is -2.34. The van der Waals surface area contributed by atoms with Crippen molar-refractivity contribution in [3.05, 3.63) is 45.7 Å². The molecule has 7 heteroatoms. The second-order valence-electron chi connectivity index (χ2n) is 4.44. The fourth-order valence-corrected chi connectivity index (χ4v) is 2.15. The molecule has 0 aliphatic carbocycles. The predicted molar refractivity (Wildman–Crippen MR) is 78.8 cm³/mol. The number of amides is 1.